The maximum atomic E-state index is 13.7. The van der Waals surface area contributed by atoms with Crippen LogP contribution in [0.5, 0.6) is 0 Å². The molecule has 0 aliphatic heterocycles. The second-order valence-electron chi connectivity index (χ2n) is 5.63. The summed E-state index contributed by atoms with van der Waals surface area (Å²) in [6.45, 7) is 1.41. The normalized spacial score (nSPS) is 11.2. The van der Waals surface area contributed by atoms with Gasteiger partial charge in [0.05, 0.1) is 6.61 Å². The van der Waals surface area contributed by atoms with E-state index in [1.165, 1.54) is 6.92 Å². The van der Waals surface area contributed by atoms with Gasteiger partial charge in [-0.3, -0.25) is 4.79 Å². The van der Waals surface area contributed by atoms with Crippen molar-refractivity contribution in [2.24, 2.45) is 0 Å². The van der Waals surface area contributed by atoms with E-state index >= 15 is 0 Å². The average Bonchev–Trinajstić information content (AvgIpc) is 2.62. The highest BCUT2D eigenvalue weighted by molar-refractivity contribution is 6.09. The number of ketones is 1. The lowest BCUT2D eigenvalue weighted by atomic mass is 9.95. The van der Waals surface area contributed by atoms with Crippen molar-refractivity contribution >= 4 is 11.8 Å². The van der Waals surface area contributed by atoms with Crippen LogP contribution in [0, 0.1) is 0 Å². The summed E-state index contributed by atoms with van der Waals surface area (Å²) < 4.78 is 31.8. The number of halogens is 2. The van der Waals surface area contributed by atoms with E-state index in [2.05, 4.69) is 4.74 Å². The molecule has 0 atom stereocenters. The molecule has 25 heavy (non-hydrogen) atoms. The first-order chi connectivity index (χ1) is 12.0. The summed E-state index contributed by atoms with van der Waals surface area (Å²) in [5, 5.41) is 0. The SMILES string of the molecule is CCOC(=O)C(F)(F)CCCc1ccccc1C(=O)c1ccccc1. The fraction of sp³-hybridized carbons (Fsp3) is 0.300. The molecule has 0 aliphatic carbocycles. The molecule has 0 aromatic heterocycles. The van der Waals surface area contributed by atoms with E-state index in [1.54, 1.807) is 48.5 Å². The van der Waals surface area contributed by atoms with Gasteiger partial charge in [0.15, 0.2) is 5.78 Å². The van der Waals surface area contributed by atoms with E-state index in [1.807, 2.05) is 6.07 Å². The zero-order chi connectivity index (χ0) is 18.3. The zero-order valence-corrected chi connectivity index (χ0v) is 14.0. The van der Waals surface area contributed by atoms with E-state index < -0.39 is 18.3 Å². The van der Waals surface area contributed by atoms with E-state index in [4.69, 9.17) is 0 Å². The van der Waals surface area contributed by atoms with Crippen LogP contribution in [0.25, 0.3) is 0 Å². The molecule has 5 heteroatoms. The van der Waals surface area contributed by atoms with Crippen LogP contribution in [-0.4, -0.2) is 24.3 Å². The van der Waals surface area contributed by atoms with Crippen LogP contribution >= 0.6 is 0 Å². The van der Waals surface area contributed by atoms with Crippen molar-refractivity contribution in [3.05, 3.63) is 71.3 Å². The summed E-state index contributed by atoms with van der Waals surface area (Å²) in [5.41, 5.74) is 1.73. The Hall–Kier alpha value is -2.56. The number of hydrogen-bond acceptors (Lipinski definition) is 3. The van der Waals surface area contributed by atoms with Gasteiger partial charge in [-0.2, -0.15) is 8.78 Å². The fourth-order valence-electron chi connectivity index (χ4n) is 2.54. The van der Waals surface area contributed by atoms with Crippen molar-refractivity contribution < 1.29 is 23.1 Å². The highest BCUT2D eigenvalue weighted by atomic mass is 19.3. The number of benzene rings is 2. The third-order valence-corrected chi connectivity index (χ3v) is 3.81. The average molecular weight is 346 g/mol. The third kappa shape index (κ3) is 4.95. The minimum atomic E-state index is -3.51. The molecule has 0 fully saturated rings. The van der Waals surface area contributed by atoms with Crippen LogP contribution in [0.2, 0.25) is 0 Å². The number of rotatable bonds is 8. The van der Waals surface area contributed by atoms with E-state index in [9.17, 15) is 18.4 Å². The minimum absolute atomic E-state index is 0.0743. The first kappa shape index (κ1) is 18.8. The predicted molar refractivity (Wildman–Crippen MR) is 90.8 cm³/mol. The van der Waals surface area contributed by atoms with Crippen LogP contribution in [-0.2, 0) is 16.0 Å². The molecule has 0 aliphatic rings. The molecule has 0 amide bonds. The van der Waals surface area contributed by atoms with Crippen molar-refractivity contribution in [2.75, 3.05) is 6.61 Å². The second kappa shape index (κ2) is 8.51. The lowest BCUT2D eigenvalue weighted by molar-refractivity contribution is -0.172. The standard InChI is InChI=1S/C20H20F2O3/c1-2-25-19(24)20(21,22)14-8-12-15-9-6-7-13-17(15)18(23)16-10-4-3-5-11-16/h3-7,9-11,13H,2,8,12,14H2,1H3. The molecule has 0 bridgehead atoms. The van der Waals surface area contributed by atoms with Gasteiger partial charge in [-0.15, -0.1) is 0 Å². The highest BCUT2D eigenvalue weighted by Gasteiger charge is 2.39. The molecule has 0 saturated heterocycles. The number of ether oxygens (including phenoxy) is 1. The van der Waals surface area contributed by atoms with Crippen molar-refractivity contribution in [1.82, 2.24) is 0 Å². The van der Waals surface area contributed by atoms with Crippen LogP contribution < -0.4 is 0 Å². The number of carbonyl (C=O) groups is 2. The van der Waals surface area contributed by atoms with Crippen molar-refractivity contribution in [1.29, 1.82) is 0 Å². The number of hydrogen-bond donors (Lipinski definition) is 0. The molecule has 0 radical (unpaired) electrons. The largest absolute Gasteiger partial charge is 0.462 e. The van der Waals surface area contributed by atoms with Gasteiger partial charge in [0, 0.05) is 17.5 Å². The predicted octanol–water partition coefficient (Wildman–Crippen LogP) is 4.44. The summed E-state index contributed by atoms with van der Waals surface area (Å²) in [7, 11) is 0. The first-order valence-electron chi connectivity index (χ1n) is 8.18. The number of aryl methyl sites for hydroxylation is 1. The van der Waals surface area contributed by atoms with Crippen molar-refractivity contribution in [2.45, 2.75) is 32.1 Å². The lowest BCUT2D eigenvalue weighted by Gasteiger charge is -2.15. The monoisotopic (exact) mass is 346 g/mol. The lowest BCUT2D eigenvalue weighted by Crippen LogP contribution is -2.30. The summed E-state index contributed by atoms with van der Waals surface area (Å²) in [6.07, 6.45) is -0.256. The highest BCUT2D eigenvalue weighted by Crippen LogP contribution is 2.24. The van der Waals surface area contributed by atoms with Gasteiger partial charge in [0.1, 0.15) is 0 Å². The topological polar surface area (TPSA) is 43.4 Å². The Labute approximate surface area is 145 Å². The van der Waals surface area contributed by atoms with Crippen molar-refractivity contribution in [3.8, 4) is 0 Å². The Bertz CT molecular complexity index is 727. The Balaban J connectivity index is 2.06. The Morgan fingerprint density at radius 2 is 1.64 bits per heavy atom. The summed E-state index contributed by atoms with van der Waals surface area (Å²) >= 11 is 0. The molecule has 3 nitrogen and oxygen atoms in total. The van der Waals surface area contributed by atoms with E-state index in [0.29, 0.717) is 16.7 Å². The first-order valence-corrected chi connectivity index (χ1v) is 8.18. The van der Waals surface area contributed by atoms with Gasteiger partial charge >= 0.3 is 11.9 Å². The number of esters is 1. The van der Waals surface area contributed by atoms with Gasteiger partial charge in [0.2, 0.25) is 0 Å². The maximum Gasteiger partial charge on any atom is 0.376 e. The van der Waals surface area contributed by atoms with Gasteiger partial charge in [-0.05, 0) is 25.3 Å². The Kier molecular flexibility index (Phi) is 6.39. The number of carbonyl (C=O) groups excluding carboxylic acids is 2. The molecule has 0 N–H and O–H groups in total. The molecule has 0 saturated carbocycles. The van der Waals surface area contributed by atoms with Crippen LogP contribution in [0.4, 0.5) is 8.78 Å². The van der Waals surface area contributed by atoms with Gasteiger partial charge < -0.3 is 4.74 Å². The zero-order valence-electron chi connectivity index (χ0n) is 14.0. The van der Waals surface area contributed by atoms with E-state index in [0.717, 1.165) is 0 Å². The molecule has 2 aromatic carbocycles. The quantitative estimate of drug-likeness (QED) is 0.524. The van der Waals surface area contributed by atoms with Crippen molar-refractivity contribution in [3.63, 3.8) is 0 Å². The van der Waals surface area contributed by atoms with Gasteiger partial charge in [-0.25, -0.2) is 4.79 Å². The van der Waals surface area contributed by atoms with Gasteiger partial charge in [0.25, 0.3) is 0 Å². The van der Waals surface area contributed by atoms with Crippen LogP contribution in [0.1, 0.15) is 41.3 Å². The van der Waals surface area contributed by atoms with E-state index in [-0.39, 0.29) is 25.2 Å². The van der Waals surface area contributed by atoms with Crippen LogP contribution in [0.3, 0.4) is 0 Å². The third-order valence-electron chi connectivity index (χ3n) is 3.81. The van der Waals surface area contributed by atoms with Crippen LogP contribution in [0.15, 0.2) is 54.6 Å². The summed E-state index contributed by atoms with van der Waals surface area (Å²) in [6, 6.07) is 15.7. The molecule has 0 heterocycles. The molecule has 0 spiro atoms. The Morgan fingerprint density at radius 1 is 1.00 bits per heavy atom. The number of alkyl halides is 2. The molecular weight excluding hydrogens is 326 g/mol. The molecule has 0 unspecified atom stereocenters. The molecule has 132 valence electrons. The summed E-state index contributed by atoms with van der Waals surface area (Å²) in [5.74, 6) is -5.15. The maximum absolute atomic E-state index is 13.7. The smallest absolute Gasteiger partial charge is 0.376 e. The molecular formula is C20H20F2O3. The molecule has 2 rings (SSSR count). The summed E-state index contributed by atoms with van der Waals surface area (Å²) in [4.78, 5) is 23.8. The molecule has 2 aromatic rings. The second-order valence-corrected chi connectivity index (χ2v) is 5.63. The Morgan fingerprint density at radius 3 is 2.32 bits per heavy atom. The fourth-order valence-corrected chi connectivity index (χ4v) is 2.54. The minimum Gasteiger partial charge on any atom is -0.462 e. The van der Waals surface area contributed by atoms with Gasteiger partial charge in [-0.1, -0.05) is 54.6 Å².